The molecule has 0 amide bonds. The molecule has 2 aromatic carbocycles. The molecule has 0 radical (unpaired) electrons. The first-order valence-electron chi connectivity index (χ1n) is 7.79. The molecule has 0 N–H and O–H groups in total. The van der Waals surface area contributed by atoms with E-state index in [1.54, 1.807) is 43.3 Å². The van der Waals surface area contributed by atoms with Crippen LogP contribution in [0.25, 0.3) is 6.08 Å². The number of nitrogens with zero attached hydrogens (tertiary/aromatic N) is 1. The van der Waals surface area contributed by atoms with Gasteiger partial charge in [0.2, 0.25) is 5.70 Å². The maximum Gasteiger partial charge on any atom is 0.343 e. The second-order valence-electron chi connectivity index (χ2n) is 5.44. The molecule has 25 heavy (non-hydrogen) atoms. The predicted octanol–water partition coefficient (Wildman–Crippen LogP) is 4.25. The van der Waals surface area contributed by atoms with E-state index in [9.17, 15) is 14.9 Å². The Morgan fingerprint density at radius 2 is 1.96 bits per heavy atom. The van der Waals surface area contributed by atoms with Crippen LogP contribution >= 0.6 is 0 Å². The van der Waals surface area contributed by atoms with Gasteiger partial charge < -0.3 is 9.47 Å². The van der Waals surface area contributed by atoms with Crippen molar-refractivity contribution in [2.24, 2.45) is 0 Å². The SMILES string of the molecule is CCOc1cc(C=C(C)[N+](=O)[O-])ccc1OC(=O)c1cccc(C)c1. The molecule has 2 aromatic rings. The first-order chi connectivity index (χ1) is 11.9. The third-order valence-electron chi connectivity index (χ3n) is 3.39. The van der Waals surface area contributed by atoms with Gasteiger partial charge in [0, 0.05) is 13.0 Å². The predicted molar refractivity (Wildman–Crippen MR) is 94.4 cm³/mol. The van der Waals surface area contributed by atoms with Gasteiger partial charge in [0.25, 0.3) is 0 Å². The number of hydrogen-bond donors (Lipinski definition) is 0. The number of carbonyl (C=O) groups is 1. The van der Waals surface area contributed by atoms with Crippen molar-refractivity contribution in [3.63, 3.8) is 0 Å². The summed E-state index contributed by atoms with van der Waals surface area (Å²) in [5.41, 5.74) is 1.99. The van der Waals surface area contributed by atoms with Crippen molar-refractivity contribution >= 4 is 12.0 Å². The Morgan fingerprint density at radius 1 is 1.20 bits per heavy atom. The average Bonchev–Trinajstić information content (AvgIpc) is 2.57. The molecular formula is C19H19NO5. The zero-order chi connectivity index (χ0) is 18.4. The Balaban J connectivity index is 2.29. The number of carbonyl (C=O) groups excluding carboxylic acids is 1. The van der Waals surface area contributed by atoms with Gasteiger partial charge in [-0.25, -0.2) is 4.79 Å². The first-order valence-corrected chi connectivity index (χ1v) is 7.79. The summed E-state index contributed by atoms with van der Waals surface area (Å²) in [6.07, 6.45) is 1.43. The normalized spacial score (nSPS) is 11.1. The van der Waals surface area contributed by atoms with E-state index in [4.69, 9.17) is 9.47 Å². The van der Waals surface area contributed by atoms with E-state index < -0.39 is 10.9 Å². The fourth-order valence-electron chi connectivity index (χ4n) is 2.19. The highest BCUT2D eigenvalue weighted by Gasteiger charge is 2.14. The van der Waals surface area contributed by atoms with E-state index in [1.807, 2.05) is 13.0 Å². The molecule has 0 fully saturated rings. The third-order valence-corrected chi connectivity index (χ3v) is 3.39. The van der Waals surface area contributed by atoms with Gasteiger partial charge in [-0.1, -0.05) is 23.8 Å². The smallest absolute Gasteiger partial charge is 0.343 e. The maximum atomic E-state index is 12.3. The summed E-state index contributed by atoms with van der Waals surface area (Å²) < 4.78 is 10.9. The molecule has 0 heterocycles. The molecule has 0 aliphatic heterocycles. The van der Waals surface area contributed by atoms with Crippen molar-refractivity contribution in [2.75, 3.05) is 6.61 Å². The fraction of sp³-hybridized carbons (Fsp3) is 0.211. The van der Waals surface area contributed by atoms with Crippen molar-refractivity contribution < 1.29 is 19.2 Å². The van der Waals surface area contributed by atoms with Crippen LogP contribution in [0.5, 0.6) is 11.5 Å². The molecule has 6 heteroatoms. The summed E-state index contributed by atoms with van der Waals surface area (Å²) in [4.78, 5) is 22.6. The van der Waals surface area contributed by atoms with Crippen LogP contribution in [0.15, 0.2) is 48.2 Å². The summed E-state index contributed by atoms with van der Waals surface area (Å²) in [7, 11) is 0. The molecule has 0 saturated heterocycles. The monoisotopic (exact) mass is 341 g/mol. The molecule has 0 spiro atoms. The Morgan fingerprint density at radius 3 is 2.60 bits per heavy atom. The van der Waals surface area contributed by atoms with Crippen molar-refractivity contribution in [3.05, 3.63) is 75.0 Å². The molecule has 0 saturated carbocycles. The van der Waals surface area contributed by atoms with Gasteiger partial charge in [0.1, 0.15) is 0 Å². The Hall–Kier alpha value is -3.15. The summed E-state index contributed by atoms with van der Waals surface area (Å²) in [5, 5.41) is 10.7. The number of ether oxygens (including phenoxy) is 2. The van der Waals surface area contributed by atoms with Crippen molar-refractivity contribution in [1.82, 2.24) is 0 Å². The minimum absolute atomic E-state index is 0.00644. The molecule has 0 aromatic heterocycles. The van der Waals surface area contributed by atoms with Crippen LogP contribution in [0.4, 0.5) is 0 Å². The highest BCUT2D eigenvalue weighted by Crippen LogP contribution is 2.30. The second kappa shape index (κ2) is 8.10. The van der Waals surface area contributed by atoms with E-state index in [1.165, 1.54) is 13.0 Å². The largest absolute Gasteiger partial charge is 0.490 e. The zero-order valence-corrected chi connectivity index (χ0v) is 14.3. The Labute approximate surface area is 145 Å². The number of rotatable bonds is 6. The minimum Gasteiger partial charge on any atom is -0.490 e. The highest BCUT2D eigenvalue weighted by atomic mass is 16.6. The van der Waals surface area contributed by atoms with E-state index >= 15 is 0 Å². The second-order valence-corrected chi connectivity index (χ2v) is 5.44. The van der Waals surface area contributed by atoms with Gasteiger partial charge in [0.15, 0.2) is 11.5 Å². The van der Waals surface area contributed by atoms with Crippen LogP contribution < -0.4 is 9.47 Å². The zero-order valence-electron chi connectivity index (χ0n) is 14.3. The van der Waals surface area contributed by atoms with Crippen molar-refractivity contribution in [3.8, 4) is 11.5 Å². The lowest BCUT2D eigenvalue weighted by Gasteiger charge is -2.11. The van der Waals surface area contributed by atoms with Crippen LogP contribution in [-0.2, 0) is 0 Å². The van der Waals surface area contributed by atoms with E-state index in [0.717, 1.165) is 5.56 Å². The Kier molecular flexibility index (Phi) is 5.89. The number of nitro groups is 1. The molecule has 0 bridgehead atoms. The van der Waals surface area contributed by atoms with Gasteiger partial charge in [0.05, 0.1) is 17.1 Å². The number of benzene rings is 2. The molecule has 0 atom stereocenters. The van der Waals surface area contributed by atoms with Gasteiger partial charge in [-0.2, -0.15) is 0 Å². The lowest BCUT2D eigenvalue weighted by Crippen LogP contribution is -2.10. The third kappa shape index (κ3) is 4.91. The van der Waals surface area contributed by atoms with Crippen LogP contribution in [0.2, 0.25) is 0 Å². The van der Waals surface area contributed by atoms with Gasteiger partial charge >= 0.3 is 5.97 Å². The molecule has 130 valence electrons. The summed E-state index contributed by atoms with van der Waals surface area (Å²) in [5.74, 6) is 0.132. The van der Waals surface area contributed by atoms with E-state index in [-0.39, 0.29) is 11.4 Å². The number of aryl methyl sites for hydroxylation is 1. The fourth-order valence-corrected chi connectivity index (χ4v) is 2.19. The molecule has 0 aliphatic carbocycles. The van der Waals surface area contributed by atoms with Crippen molar-refractivity contribution in [1.29, 1.82) is 0 Å². The quantitative estimate of drug-likeness (QED) is 0.340. The molecule has 6 nitrogen and oxygen atoms in total. The van der Waals surface area contributed by atoms with Crippen molar-refractivity contribution in [2.45, 2.75) is 20.8 Å². The minimum atomic E-state index is -0.491. The summed E-state index contributed by atoms with van der Waals surface area (Å²) in [6.45, 7) is 5.47. The topological polar surface area (TPSA) is 78.7 Å². The Bertz CT molecular complexity index is 826. The standard InChI is InChI=1S/C19H19NO5/c1-4-24-18-12-15(11-14(3)20(22)23)8-9-17(18)25-19(21)16-7-5-6-13(2)10-16/h5-12H,4H2,1-3H3. The van der Waals surface area contributed by atoms with E-state index in [2.05, 4.69) is 0 Å². The van der Waals surface area contributed by atoms with Gasteiger partial charge in [-0.15, -0.1) is 0 Å². The van der Waals surface area contributed by atoms with Gasteiger partial charge in [-0.3, -0.25) is 10.1 Å². The molecule has 2 rings (SSSR count). The van der Waals surface area contributed by atoms with Crippen LogP contribution in [0, 0.1) is 17.0 Å². The average molecular weight is 341 g/mol. The van der Waals surface area contributed by atoms with Gasteiger partial charge in [-0.05, 0) is 43.7 Å². The highest BCUT2D eigenvalue weighted by molar-refractivity contribution is 5.91. The maximum absolute atomic E-state index is 12.3. The molecule has 0 unspecified atom stereocenters. The lowest BCUT2D eigenvalue weighted by molar-refractivity contribution is -0.422. The van der Waals surface area contributed by atoms with E-state index in [0.29, 0.717) is 23.5 Å². The number of allylic oxidation sites excluding steroid dienone is 1. The number of esters is 1. The molecular weight excluding hydrogens is 322 g/mol. The first kappa shape index (κ1) is 18.2. The number of hydrogen-bond acceptors (Lipinski definition) is 5. The van der Waals surface area contributed by atoms with Crippen LogP contribution in [0.3, 0.4) is 0 Å². The summed E-state index contributed by atoms with van der Waals surface area (Å²) in [6, 6.07) is 11.9. The lowest BCUT2D eigenvalue weighted by atomic mass is 10.1. The summed E-state index contributed by atoms with van der Waals surface area (Å²) >= 11 is 0. The van der Waals surface area contributed by atoms with Crippen LogP contribution in [0.1, 0.15) is 35.3 Å². The van der Waals surface area contributed by atoms with Crippen LogP contribution in [-0.4, -0.2) is 17.5 Å². The molecule has 0 aliphatic rings.